The second-order valence-electron chi connectivity index (χ2n) is 3.60. The van der Waals surface area contributed by atoms with E-state index in [1.165, 1.54) is 25.9 Å². The fourth-order valence-electron chi connectivity index (χ4n) is 1.53. The fourth-order valence-corrected chi connectivity index (χ4v) is 1.93. The quantitative estimate of drug-likeness (QED) is 0.551. The van der Waals surface area contributed by atoms with E-state index in [2.05, 4.69) is 26.1 Å². The van der Waals surface area contributed by atoms with Gasteiger partial charge in [-0.3, -0.25) is 4.90 Å². The lowest BCUT2D eigenvalue weighted by atomic mass is 10.3. The first-order valence-corrected chi connectivity index (χ1v) is 6.62. The maximum absolute atomic E-state index is 5.56. The van der Waals surface area contributed by atoms with E-state index in [1.54, 1.807) is 0 Å². The van der Waals surface area contributed by atoms with Crippen molar-refractivity contribution in [1.82, 2.24) is 10.2 Å². The van der Waals surface area contributed by atoms with E-state index in [9.17, 15) is 0 Å². The lowest BCUT2D eigenvalue weighted by Gasteiger charge is -2.26. The molecule has 1 rings (SSSR count). The molecule has 1 aliphatic heterocycles. The molecule has 0 amide bonds. The van der Waals surface area contributed by atoms with Crippen molar-refractivity contribution in [2.24, 2.45) is 0 Å². The number of nitrogens with one attached hydrogen (secondary N) is 1. The lowest BCUT2D eigenvalue weighted by molar-refractivity contribution is 0.0973. The van der Waals surface area contributed by atoms with Crippen molar-refractivity contribution in [2.45, 2.75) is 12.8 Å². The number of nitrogens with zero attached hydrogens (tertiary/aromatic N) is 1. The molecule has 3 nitrogen and oxygen atoms in total. The zero-order chi connectivity index (χ0) is 10.1. The zero-order valence-electron chi connectivity index (χ0n) is 8.80. The zero-order valence-corrected chi connectivity index (χ0v) is 10.4. The molecule has 4 heteroatoms. The molecular weight excluding hydrogens is 244 g/mol. The second-order valence-corrected chi connectivity index (χ2v) is 4.39. The highest BCUT2D eigenvalue weighted by atomic mass is 79.9. The predicted octanol–water partition coefficient (Wildman–Crippen LogP) is 1.08. The van der Waals surface area contributed by atoms with Gasteiger partial charge in [-0.1, -0.05) is 15.9 Å². The maximum Gasteiger partial charge on any atom is 0.0593 e. The highest BCUT2D eigenvalue weighted by Crippen LogP contribution is 1.95. The average molecular weight is 265 g/mol. The summed E-state index contributed by atoms with van der Waals surface area (Å²) < 4.78 is 5.56. The van der Waals surface area contributed by atoms with Crippen molar-refractivity contribution in [3.63, 3.8) is 0 Å². The van der Waals surface area contributed by atoms with Crippen LogP contribution >= 0.6 is 15.9 Å². The van der Waals surface area contributed by atoms with Gasteiger partial charge in [-0.2, -0.15) is 0 Å². The van der Waals surface area contributed by atoms with Crippen LogP contribution in [0.2, 0.25) is 0 Å². The van der Waals surface area contributed by atoms with Crippen molar-refractivity contribution in [3.8, 4) is 0 Å². The molecule has 0 unspecified atom stereocenters. The second kappa shape index (κ2) is 8.65. The molecule has 84 valence electrons. The Kier molecular flexibility index (Phi) is 7.68. The van der Waals surface area contributed by atoms with Crippen LogP contribution in [0.15, 0.2) is 0 Å². The Labute approximate surface area is 95.3 Å². The minimum atomic E-state index is 0.891. The van der Waals surface area contributed by atoms with Crippen molar-refractivity contribution in [3.05, 3.63) is 0 Å². The van der Waals surface area contributed by atoms with E-state index >= 15 is 0 Å². The molecule has 1 heterocycles. The molecule has 0 spiro atoms. The van der Waals surface area contributed by atoms with E-state index < -0.39 is 0 Å². The van der Waals surface area contributed by atoms with Gasteiger partial charge in [0.1, 0.15) is 0 Å². The summed E-state index contributed by atoms with van der Waals surface area (Å²) in [7, 11) is 0. The number of halogens is 1. The van der Waals surface area contributed by atoms with Crippen LogP contribution in [-0.4, -0.2) is 56.2 Å². The predicted molar refractivity (Wildman–Crippen MR) is 63.2 cm³/mol. The van der Waals surface area contributed by atoms with Crippen LogP contribution in [0.3, 0.4) is 0 Å². The van der Waals surface area contributed by atoms with E-state index in [0.717, 1.165) is 38.2 Å². The van der Waals surface area contributed by atoms with Crippen molar-refractivity contribution >= 4 is 15.9 Å². The SMILES string of the molecule is BrCCCCOCCN1CCNCC1. The smallest absolute Gasteiger partial charge is 0.0593 e. The minimum absolute atomic E-state index is 0.891. The molecule has 0 radical (unpaired) electrons. The fraction of sp³-hybridized carbons (Fsp3) is 1.00. The molecule has 0 aliphatic carbocycles. The summed E-state index contributed by atoms with van der Waals surface area (Å²) in [6.45, 7) is 7.50. The van der Waals surface area contributed by atoms with Gasteiger partial charge in [0.15, 0.2) is 0 Å². The first-order chi connectivity index (χ1) is 6.93. The van der Waals surface area contributed by atoms with Gasteiger partial charge in [0.2, 0.25) is 0 Å². The molecule has 14 heavy (non-hydrogen) atoms. The van der Waals surface area contributed by atoms with Gasteiger partial charge in [0.25, 0.3) is 0 Å². The third-order valence-corrected chi connectivity index (χ3v) is 2.99. The number of hydrogen-bond acceptors (Lipinski definition) is 3. The van der Waals surface area contributed by atoms with E-state index in [-0.39, 0.29) is 0 Å². The Morgan fingerprint density at radius 2 is 1.93 bits per heavy atom. The standard InChI is InChI=1S/C10H21BrN2O/c11-3-1-2-9-14-10-8-13-6-4-12-5-7-13/h12H,1-10H2. The monoisotopic (exact) mass is 264 g/mol. The minimum Gasteiger partial charge on any atom is -0.380 e. The van der Waals surface area contributed by atoms with E-state index in [4.69, 9.17) is 4.74 Å². The number of ether oxygens (including phenoxy) is 1. The molecule has 0 aromatic heterocycles. The number of piperazine rings is 1. The Morgan fingerprint density at radius 3 is 2.64 bits per heavy atom. The molecular formula is C10H21BrN2O. The molecule has 1 fully saturated rings. The van der Waals surface area contributed by atoms with Gasteiger partial charge in [0.05, 0.1) is 6.61 Å². The number of alkyl halides is 1. The topological polar surface area (TPSA) is 24.5 Å². The molecule has 1 saturated heterocycles. The van der Waals surface area contributed by atoms with E-state index in [0.29, 0.717) is 0 Å². The first kappa shape index (κ1) is 12.4. The molecule has 0 aromatic rings. The van der Waals surface area contributed by atoms with Gasteiger partial charge in [-0.25, -0.2) is 0 Å². The van der Waals surface area contributed by atoms with Crippen LogP contribution < -0.4 is 5.32 Å². The van der Waals surface area contributed by atoms with Crippen LogP contribution in [-0.2, 0) is 4.74 Å². The Hall–Kier alpha value is 0.360. The third-order valence-electron chi connectivity index (χ3n) is 2.43. The molecule has 1 aliphatic rings. The van der Waals surface area contributed by atoms with Crippen molar-refractivity contribution in [2.75, 3.05) is 51.3 Å². The van der Waals surface area contributed by atoms with Gasteiger partial charge in [-0.15, -0.1) is 0 Å². The van der Waals surface area contributed by atoms with Crippen LogP contribution in [0.1, 0.15) is 12.8 Å². The van der Waals surface area contributed by atoms with Crippen molar-refractivity contribution in [1.29, 1.82) is 0 Å². The molecule has 1 N–H and O–H groups in total. The summed E-state index contributed by atoms with van der Waals surface area (Å²) in [5.74, 6) is 0. The number of rotatable bonds is 7. The lowest BCUT2D eigenvalue weighted by Crippen LogP contribution is -2.44. The third kappa shape index (κ3) is 5.96. The Morgan fingerprint density at radius 1 is 1.14 bits per heavy atom. The van der Waals surface area contributed by atoms with Gasteiger partial charge < -0.3 is 10.1 Å². The van der Waals surface area contributed by atoms with Gasteiger partial charge in [0, 0.05) is 44.7 Å². The molecule has 0 atom stereocenters. The van der Waals surface area contributed by atoms with Gasteiger partial charge >= 0.3 is 0 Å². The maximum atomic E-state index is 5.56. The Bertz CT molecular complexity index is 129. The number of hydrogen-bond donors (Lipinski definition) is 1. The first-order valence-electron chi connectivity index (χ1n) is 5.50. The summed E-state index contributed by atoms with van der Waals surface area (Å²) in [6.07, 6.45) is 2.39. The van der Waals surface area contributed by atoms with Crippen molar-refractivity contribution < 1.29 is 4.74 Å². The normalized spacial score (nSPS) is 18.6. The average Bonchev–Trinajstić information content (AvgIpc) is 2.25. The summed E-state index contributed by atoms with van der Waals surface area (Å²) >= 11 is 3.41. The highest BCUT2D eigenvalue weighted by Gasteiger charge is 2.07. The Balaban J connectivity index is 1.82. The summed E-state index contributed by atoms with van der Waals surface area (Å²) in [4.78, 5) is 2.46. The van der Waals surface area contributed by atoms with Crippen LogP contribution in [0.4, 0.5) is 0 Å². The molecule has 0 saturated carbocycles. The van der Waals surface area contributed by atoms with Crippen LogP contribution in [0.25, 0.3) is 0 Å². The number of unbranched alkanes of at least 4 members (excludes halogenated alkanes) is 1. The van der Waals surface area contributed by atoms with E-state index in [1.807, 2.05) is 0 Å². The molecule has 0 aromatic carbocycles. The largest absolute Gasteiger partial charge is 0.380 e. The molecule has 0 bridgehead atoms. The summed E-state index contributed by atoms with van der Waals surface area (Å²) in [5.41, 5.74) is 0. The van der Waals surface area contributed by atoms with Gasteiger partial charge in [-0.05, 0) is 12.8 Å². The highest BCUT2D eigenvalue weighted by molar-refractivity contribution is 9.09. The van der Waals surface area contributed by atoms with Crippen LogP contribution in [0.5, 0.6) is 0 Å². The summed E-state index contributed by atoms with van der Waals surface area (Å²) in [5, 5.41) is 4.44. The summed E-state index contributed by atoms with van der Waals surface area (Å²) in [6, 6.07) is 0. The van der Waals surface area contributed by atoms with Crippen LogP contribution in [0, 0.1) is 0 Å².